The highest BCUT2D eigenvalue weighted by Gasteiger charge is 2.41. The van der Waals surface area contributed by atoms with E-state index in [9.17, 15) is 4.79 Å². The summed E-state index contributed by atoms with van der Waals surface area (Å²) in [5.41, 5.74) is -0.661. The Labute approximate surface area is 83.3 Å². The lowest BCUT2D eigenvalue weighted by Crippen LogP contribution is -2.53. The maximum atomic E-state index is 11.1. The van der Waals surface area contributed by atoms with Gasteiger partial charge < -0.3 is 10.4 Å². The maximum absolute atomic E-state index is 11.1. The fourth-order valence-corrected chi connectivity index (χ4v) is 2.81. The van der Waals surface area contributed by atoms with Crippen LogP contribution in [0.25, 0.3) is 0 Å². The van der Waals surface area contributed by atoms with Gasteiger partial charge in [-0.1, -0.05) is 0 Å². The molecule has 0 aromatic rings. The van der Waals surface area contributed by atoms with Gasteiger partial charge in [-0.3, -0.25) is 4.79 Å². The van der Waals surface area contributed by atoms with Gasteiger partial charge in [-0.15, -0.1) is 0 Å². The second-order valence-electron chi connectivity index (χ2n) is 3.59. The Morgan fingerprint density at radius 3 is 2.85 bits per heavy atom. The molecule has 2 N–H and O–H groups in total. The molecule has 1 aliphatic rings. The molecule has 0 heterocycles. The summed E-state index contributed by atoms with van der Waals surface area (Å²) in [6, 6.07) is 0. The molecule has 0 radical (unpaired) electrons. The van der Waals surface area contributed by atoms with Gasteiger partial charge in [-0.2, -0.15) is 11.8 Å². The second kappa shape index (κ2) is 4.33. The van der Waals surface area contributed by atoms with Gasteiger partial charge in [0, 0.05) is 5.25 Å². The Bertz CT molecular complexity index is 198. The third-order valence-electron chi connectivity index (χ3n) is 2.93. The summed E-state index contributed by atoms with van der Waals surface area (Å²) < 4.78 is 0. The first kappa shape index (κ1) is 10.9. The lowest BCUT2D eigenvalue weighted by molar-refractivity contribution is -0.146. The highest BCUT2D eigenvalue weighted by molar-refractivity contribution is 7.99. The van der Waals surface area contributed by atoms with Crippen molar-refractivity contribution in [1.82, 2.24) is 5.32 Å². The highest BCUT2D eigenvalue weighted by atomic mass is 32.2. The number of thioether (sulfide) groups is 1. The summed E-state index contributed by atoms with van der Waals surface area (Å²) in [4.78, 5) is 11.1. The number of rotatable bonds is 3. The van der Waals surface area contributed by atoms with Gasteiger partial charge >= 0.3 is 5.97 Å². The van der Waals surface area contributed by atoms with Gasteiger partial charge in [0.05, 0.1) is 0 Å². The standard InChI is InChI=1S/C9H17NO2S/c1-10-9(8(11)12)5-3-4-7(6-9)13-2/h7,10H,3-6H2,1-2H3,(H,11,12). The number of aliphatic carboxylic acids is 1. The van der Waals surface area contributed by atoms with E-state index in [0.717, 1.165) is 25.7 Å². The monoisotopic (exact) mass is 203 g/mol. The second-order valence-corrected chi connectivity index (χ2v) is 4.73. The van der Waals surface area contributed by atoms with E-state index < -0.39 is 11.5 Å². The number of carboxylic acid groups (broad SMARTS) is 1. The SMILES string of the molecule is CNC1(C(=O)O)CCCC(SC)C1. The van der Waals surface area contributed by atoms with E-state index in [2.05, 4.69) is 11.6 Å². The zero-order chi connectivity index (χ0) is 9.90. The van der Waals surface area contributed by atoms with Crippen LogP contribution >= 0.6 is 11.8 Å². The quantitative estimate of drug-likeness (QED) is 0.726. The minimum atomic E-state index is -0.700. The van der Waals surface area contributed by atoms with Crippen LogP contribution in [-0.2, 0) is 4.79 Å². The van der Waals surface area contributed by atoms with Crippen LogP contribution in [0.3, 0.4) is 0 Å². The van der Waals surface area contributed by atoms with Gasteiger partial charge in [0.15, 0.2) is 0 Å². The van der Waals surface area contributed by atoms with Crippen molar-refractivity contribution in [2.75, 3.05) is 13.3 Å². The first-order valence-electron chi connectivity index (χ1n) is 4.60. The van der Waals surface area contributed by atoms with Gasteiger partial charge in [0.2, 0.25) is 0 Å². The summed E-state index contributed by atoms with van der Waals surface area (Å²) in [5.74, 6) is -0.700. The van der Waals surface area contributed by atoms with Gasteiger partial charge in [-0.25, -0.2) is 0 Å². The van der Waals surface area contributed by atoms with Crippen molar-refractivity contribution in [1.29, 1.82) is 0 Å². The molecule has 1 saturated carbocycles. The summed E-state index contributed by atoms with van der Waals surface area (Å²) in [6.07, 6.45) is 5.73. The molecule has 1 fully saturated rings. The molecular weight excluding hydrogens is 186 g/mol. The van der Waals surface area contributed by atoms with Crippen molar-refractivity contribution in [3.63, 3.8) is 0 Å². The normalized spacial score (nSPS) is 34.5. The number of likely N-dealkylation sites (N-methyl/N-ethyl adjacent to an activating group) is 1. The van der Waals surface area contributed by atoms with Gasteiger partial charge in [-0.05, 0) is 39.0 Å². The van der Waals surface area contributed by atoms with Crippen LogP contribution in [0.4, 0.5) is 0 Å². The predicted molar refractivity (Wildman–Crippen MR) is 55.2 cm³/mol. The molecule has 0 aromatic carbocycles. The molecule has 2 unspecified atom stereocenters. The van der Waals surface area contributed by atoms with Crippen LogP contribution in [0.2, 0.25) is 0 Å². The summed E-state index contributed by atoms with van der Waals surface area (Å²) in [7, 11) is 1.75. The van der Waals surface area contributed by atoms with Gasteiger partial charge in [0.25, 0.3) is 0 Å². The van der Waals surface area contributed by atoms with E-state index in [1.807, 2.05) is 0 Å². The molecule has 0 saturated heterocycles. The average molecular weight is 203 g/mol. The van der Waals surface area contributed by atoms with Crippen molar-refractivity contribution >= 4 is 17.7 Å². The third-order valence-corrected chi connectivity index (χ3v) is 4.00. The molecule has 4 heteroatoms. The van der Waals surface area contributed by atoms with E-state index in [0.29, 0.717) is 5.25 Å². The molecular formula is C9H17NO2S. The van der Waals surface area contributed by atoms with Gasteiger partial charge in [0.1, 0.15) is 5.54 Å². The predicted octanol–water partition coefficient (Wildman–Crippen LogP) is 1.33. The average Bonchev–Trinajstić information content (AvgIpc) is 2.17. The third kappa shape index (κ3) is 2.17. The largest absolute Gasteiger partial charge is 0.480 e. The molecule has 0 spiro atoms. The van der Waals surface area contributed by atoms with Crippen molar-refractivity contribution < 1.29 is 9.90 Å². The Morgan fingerprint density at radius 2 is 2.38 bits per heavy atom. The zero-order valence-electron chi connectivity index (χ0n) is 8.17. The molecule has 1 rings (SSSR count). The number of hydrogen-bond acceptors (Lipinski definition) is 3. The Morgan fingerprint density at radius 1 is 1.69 bits per heavy atom. The fourth-order valence-electron chi connectivity index (χ4n) is 1.95. The van der Waals surface area contributed by atoms with E-state index in [4.69, 9.17) is 5.11 Å². The van der Waals surface area contributed by atoms with Crippen LogP contribution in [0.5, 0.6) is 0 Å². The van der Waals surface area contributed by atoms with Crippen LogP contribution in [0, 0.1) is 0 Å². The highest BCUT2D eigenvalue weighted by Crippen LogP contribution is 2.33. The van der Waals surface area contributed by atoms with Crippen LogP contribution in [0.15, 0.2) is 0 Å². The summed E-state index contributed by atoms with van der Waals surface area (Å²) in [6.45, 7) is 0. The maximum Gasteiger partial charge on any atom is 0.323 e. The summed E-state index contributed by atoms with van der Waals surface area (Å²) in [5, 5.41) is 12.6. The Hall–Kier alpha value is -0.220. The molecule has 0 bridgehead atoms. The molecule has 3 nitrogen and oxygen atoms in total. The van der Waals surface area contributed by atoms with Crippen LogP contribution < -0.4 is 5.32 Å². The first-order valence-corrected chi connectivity index (χ1v) is 5.88. The van der Waals surface area contributed by atoms with Crippen LogP contribution in [0.1, 0.15) is 25.7 Å². The number of hydrogen-bond donors (Lipinski definition) is 2. The topological polar surface area (TPSA) is 49.3 Å². The Kier molecular flexibility index (Phi) is 3.62. The van der Waals surface area contributed by atoms with E-state index in [1.54, 1.807) is 18.8 Å². The fraction of sp³-hybridized carbons (Fsp3) is 0.889. The number of carboxylic acids is 1. The zero-order valence-corrected chi connectivity index (χ0v) is 8.99. The number of nitrogens with one attached hydrogen (secondary N) is 1. The van der Waals surface area contributed by atoms with E-state index >= 15 is 0 Å². The van der Waals surface area contributed by atoms with Crippen molar-refractivity contribution in [3.05, 3.63) is 0 Å². The van der Waals surface area contributed by atoms with Crippen molar-refractivity contribution in [2.24, 2.45) is 0 Å². The van der Waals surface area contributed by atoms with Crippen LogP contribution in [-0.4, -0.2) is 35.2 Å². The first-order chi connectivity index (χ1) is 6.14. The molecule has 0 aliphatic heterocycles. The van der Waals surface area contributed by atoms with Crippen molar-refractivity contribution in [3.8, 4) is 0 Å². The lowest BCUT2D eigenvalue weighted by atomic mass is 9.81. The molecule has 2 atom stereocenters. The Balaban J connectivity index is 2.69. The summed E-state index contributed by atoms with van der Waals surface area (Å²) >= 11 is 1.78. The van der Waals surface area contributed by atoms with E-state index in [-0.39, 0.29) is 0 Å². The van der Waals surface area contributed by atoms with E-state index in [1.165, 1.54) is 0 Å². The minimum absolute atomic E-state index is 0.498. The molecule has 1 aliphatic carbocycles. The molecule has 0 aromatic heterocycles. The van der Waals surface area contributed by atoms with Crippen molar-refractivity contribution in [2.45, 2.75) is 36.5 Å². The lowest BCUT2D eigenvalue weighted by Gasteiger charge is -2.36. The molecule has 0 amide bonds. The number of carbonyl (C=O) groups is 1. The molecule has 76 valence electrons. The smallest absolute Gasteiger partial charge is 0.323 e. The minimum Gasteiger partial charge on any atom is -0.480 e. The molecule has 13 heavy (non-hydrogen) atoms.